The molecule has 1 aromatic heterocycles. The highest BCUT2D eigenvalue weighted by Crippen LogP contribution is 2.42. The van der Waals surface area contributed by atoms with E-state index in [9.17, 15) is 5.11 Å². The van der Waals surface area contributed by atoms with Gasteiger partial charge in [0, 0.05) is 23.5 Å². The number of aliphatic hydroxyl groups excluding tert-OH is 1. The van der Waals surface area contributed by atoms with Gasteiger partial charge in [0.1, 0.15) is 0 Å². The molecule has 0 amide bonds. The summed E-state index contributed by atoms with van der Waals surface area (Å²) in [6, 6.07) is 2.21. The number of aliphatic hydroxyl groups is 1. The van der Waals surface area contributed by atoms with Gasteiger partial charge in [-0.3, -0.25) is 0 Å². The monoisotopic (exact) mass is 309 g/mol. The summed E-state index contributed by atoms with van der Waals surface area (Å²) >= 11 is 1.95. The van der Waals surface area contributed by atoms with Crippen molar-refractivity contribution in [2.24, 2.45) is 5.41 Å². The molecule has 0 spiro atoms. The van der Waals surface area contributed by atoms with Crippen LogP contribution in [0.25, 0.3) is 0 Å². The second-order valence-corrected chi connectivity index (χ2v) is 8.29. The molecule has 120 valence electrons. The number of rotatable bonds is 7. The summed E-state index contributed by atoms with van der Waals surface area (Å²) in [5.74, 6) is 1.29. The Hall–Kier alpha value is -0.410. The molecule has 2 nitrogen and oxygen atoms in total. The van der Waals surface area contributed by atoms with Gasteiger partial charge in [0.05, 0.1) is 6.10 Å². The van der Waals surface area contributed by atoms with Crippen LogP contribution in [0.3, 0.4) is 0 Å². The Morgan fingerprint density at radius 1 is 1.29 bits per heavy atom. The molecule has 1 aliphatic rings. The molecular weight excluding hydrogens is 278 g/mol. The van der Waals surface area contributed by atoms with Crippen LogP contribution < -0.4 is 0 Å². The van der Waals surface area contributed by atoms with Crippen molar-refractivity contribution in [2.75, 3.05) is 12.0 Å². The van der Waals surface area contributed by atoms with E-state index in [4.69, 9.17) is 0 Å². The molecule has 1 aliphatic carbocycles. The standard InChI is InChI=1S/C18H31NOS/c1-14-11-15-16(12-18(2,3)13-17(15)20)19(14)9-7-5-6-8-10-21-4/h11,17,20H,5-10,12-13H2,1-4H3. The molecule has 0 bridgehead atoms. The molecule has 1 aromatic rings. The Labute approximate surface area is 134 Å². The van der Waals surface area contributed by atoms with Crippen LogP contribution in [0, 0.1) is 12.3 Å². The Kier molecular flexibility index (Phi) is 5.84. The van der Waals surface area contributed by atoms with E-state index in [2.05, 4.69) is 37.7 Å². The first-order valence-electron chi connectivity index (χ1n) is 8.30. The van der Waals surface area contributed by atoms with Crippen LogP contribution >= 0.6 is 11.8 Å². The normalized spacial score (nSPS) is 20.5. The quantitative estimate of drug-likeness (QED) is 0.737. The van der Waals surface area contributed by atoms with Gasteiger partial charge in [-0.25, -0.2) is 0 Å². The largest absolute Gasteiger partial charge is 0.388 e. The van der Waals surface area contributed by atoms with Crippen LogP contribution in [0.1, 0.15) is 69.0 Å². The minimum atomic E-state index is -0.273. The second-order valence-electron chi connectivity index (χ2n) is 7.31. The maximum Gasteiger partial charge on any atom is 0.0812 e. The van der Waals surface area contributed by atoms with Crippen molar-refractivity contribution in [3.8, 4) is 0 Å². The first-order valence-corrected chi connectivity index (χ1v) is 9.70. The van der Waals surface area contributed by atoms with Crippen molar-refractivity contribution < 1.29 is 5.11 Å². The summed E-state index contributed by atoms with van der Waals surface area (Å²) in [6.07, 6.45) is 9.16. The van der Waals surface area contributed by atoms with Crippen LogP contribution in [-0.4, -0.2) is 21.7 Å². The molecule has 1 unspecified atom stereocenters. The molecular formula is C18H31NOS. The molecule has 0 saturated carbocycles. The van der Waals surface area contributed by atoms with Gasteiger partial charge < -0.3 is 9.67 Å². The second kappa shape index (κ2) is 7.23. The lowest BCUT2D eigenvalue weighted by Crippen LogP contribution is -2.27. The molecule has 1 N–H and O–H groups in total. The molecule has 1 heterocycles. The molecule has 21 heavy (non-hydrogen) atoms. The molecule has 0 radical (unpaired) electrons. The van der Waals surface area contributed by atoms with Crippen LogP contribution in [-0.2, 0) is 13.0 Å². The maximum absolute atomic E-state index is 10.4. The smallest absolute Gasteiger partial charge is 0.0812 e. The van der Waals surface area contributed by atoms with Gasteiger partial charge in [-0.05, 0) is 56.1 Å². The van der Waals surface area contributed by atoms with Crippen molar-refractivity contribution in [1.82, 2.24) is 4.57 Å². The van der Waals surface area contributed by atoms with Gasteiger partial charge in [-0.1, -0.05) is 26.7 Å². The number of nitrogens with zero attached hydrogens (tertiary/aromatic N) is 1. The third kappa shape index (κ3) is 4.29. The summed E-state index contributed by atoms with van der Waals surface area (Å²) in [4.78, 5) is 0. The van der Waals surface area contributed by atoms with Gasteiger partial charge in [0.2, 0.25) is 0 Å². The lowest BCUT2D eigenvalue weighted by molar-refractivity contribution is 0.0979. The first-order chi connectivity index (χ1) is 9.94. The van der Waals surface area contributed by atoms with E-state index in [0.717, 1.165) is 19.4 Å². The van der Waals surface area contributed by atoms with Crippen molar-refractivity contribution in [2.45, 2.75) is 71.9 Å². The fourth-order valence-electron chi connectivity index (χ4n) is 3.58. The summed E-state index contributed by atoms with van der Waals surface area (Å²) < 4.78 is 2.47. The maximum atomic E-state index is 10.4. The Morgan fingerprint density at radius 3 is 2.71 bits per heavy atom. The molecule has 1 atom stereocenters. The lowest BCUT2D eigenvalue weighted by Gasteiger charge is -2.34. The van der Waals surface area contributed by atoms with Crippen molar-refractivity contribution in [3.63, 3.8) is 0 Å². The summed E-state index contributed by atoms with van der Waals surface area (Å²) in [6.45, 7) is 7.84. The highest BCUT2D eigenvalue weighted by molar-refractivity contribution is 7.98. The van der Waals surface area contributed by atoms with Crippen LogP contribution in [0.4, 0.5) is 0 Å². The molecule has 0 aliphatic heterocycles. The number of aromatic nitrogens is 1. The molecule has 0 saturated heterocycles. The van der Waals surface area contributed by atoms with Crippen molar-refractivity contribution >= 4 is 11.8 Å². The Bertz CT molecular complexity index is 464. The average Bonchev–Trinajstić information content (AvgIpc) is 2.69. The van der Waals surface area contributed by atoms with E-state index in [1.807, 2.05) is 11.8 Å². The Morgan fingerprint density at radius 2 is 2.00 bits per heavy atom. The Balaban J connectivity index is 1.98. The highest BCUT2D eigenvalue weighted by Gasteiger charge is 2.33. The fourth-order valence-corrected chi connectivity index (χ4v) is 4.07. The van der Waals surface area contributed by atoms with E-state index >= 15 is 0 Å². The minimum absolute atomic E-state index is 0.216. The summed E-state index contributed by atoms with van der Waals surface area (Å²) in [5.41, 5.74) is 4.11. The van der Waals surface area contributed by atoms with Gasteiger partial charge in [-0.2, -0.15) is 11.8 Å². The predicted octanol–water partition coefficient (Wildman–Crippen LogP) is 4.73. The van der Waals surface area contributed by atoms with Crippen molar-refractivity contribution in [3.05, 3.63) is 23.0 Å². The fraction of sp³-hybridized carbons (Fsp3) is 0.778. The zero-order valence-corrected chi connectivity index (χ0v) is 14.9. The van der Waals surface area contributed by atoms with Gasteiger partial charge in [-0.15, -0.1) is 0 Å². The van der Waals surface area contributed by atoms with E-state index < -0.39 is 0 Å². The first kappa shape index (κ1) is 17.0. The number of fused-ring (bicyclic) bond motifs is 1. The van der Waals surface area contributed by atoms with Gasteiger partial charge in [0.15, 0.2) is 0 Å². The van der Waals surface area contributed by atoms with E-state index in [-0.39, 0.29) is 11.5 Å². The number of aryl methyl sites for hydroxylation is 1. The third-order valence-electron chi connectivity index (χ3n) is 4.68. The van der Waals surface area contributed by atoms with E-state index in [1.165, 1.54) is 48.4 Å². The minimum Gasteiger partial charge on any atom is -0.388 e. The van der Waals surface area contributed by atoms with Crippen molar-refractivity contribution in [1.29, 1.82) is 0 Å². The summed E-state index contributed by atoms with van der Waals surface area (Å²) in [7, 11) is 0. The number of hydrogen-bond donors (Lipinski definition) is 1. The number of hydrogen-bond acceptors (Lipinski definition) is 2. The topological polar surface area (TPSA) is 25.2 Å². The summed E-state index contributed by atoms with van der Waals surface area (Å²) in [5, 5.41) is 10.4. The average molecular weight is 310 g/mol. The molecule has 2 rings (SSSR count). The van der Waals surface area contributed by atoms with Crippen LogP contribution in [0.15, 0.2) is 6.07 Å². The highest BCUT2D eigenvalue weighted by atomic mass is 32.2. The van der Waals surface area contributed by atoms with E-state index in [1.54, 1.807) is 0 Å². The third-order valence-corrected chi connectivity index (χ3v) is 5.38. The van der Waals surface area contributed by atoms with E-state index in [0.29, 0.717) is 0 Å². The number of thioether (sulfide) groups is 1. The predicted molar refractivity (Wildman–Crippen MR) is 93.1 cm³/mol. The molecule has 0 aromatic carbocycles. The zero-order valence-electron chi connectivity index (χ0n) is 14.1. The number of unbranched alkanes of at least 4 members (excludes halogenated alkanes) is 3. The van der Waals surface area contributed by atoms with Gasteiger partial charge >= 0.3 is 0 Å². The molecule has 0 fully saturated rings. The molecule has 3 heteroatoms. The van der Waals surface area contributed by atoms with Gasteiger partial charge in [0.25, 0.3) is 0 Å². The SMILES string of the molecule is CSCCCCCCn1c(C)cc2c1CC(C)(C)CC2O. The lowest BCUT2D eigenvalue weighted by atomic mass is 9.75. The van der Waals surface area contributed by atoms with Crippen LogP contribution in [0.2, 0.25) is 0 Å². The zero-order chi connectivity index (χ0) is 15.5. The van der Waals surface area contributed by atoms with Crippen LogP contribution in [0.5, 0.6) is 0 Å².